The third-order valence-corrected chi connectivity index (χ3v) is 4.18. The first-order valence-corrected chi connectivity index (χ1v) is 10.4. The van der Waals surface area contributed by atoms with E-state index in [-0.39, 0.29) is 11.5 Å². The van der Waals surface area contributed by atoms with E-state index in [1.165, 1.54) is 0 Å². The van der Waals surface area contributed by atoms with Crippen LogP contribution in [-0.2, 0) is 29.2 Å². The zero-order valence-electron chi connectivity index (χ0n) is 13.2. The van der Waals surface area contributed by atoms with Crippen LogP contribution in [0.2, 0.25) is 0 Å². The van der Waals surface area contributed by atoms with E-state index in [0.717, 1.165) is 12.8 Å². The van der Waals surface area contributed by atoms with Crippen molar-refractivity contribution < 1.29 is 35.4 Å². The highest BCUT2D eigenvalue weighted by molar-refractivity contribution is 7.86. The van der Waals surface area contributed by atoms with Crippen molar-refractivity contribution in [3.63, 3.8) is 0 Å². The van der Waals surface area contributed by atoms with Gasteiger partial charge in [0.1, 0.15) is 0 Å². The highest BCUT2D eigenvalue weighted by atomic mass is 32.2. The summed E-state index contributed by atoms with van der Waals surface area (Å²) in [6.07, 6.45) is 2.81. The minimum atomic E-state index is -3.79. The van der Waals surface area contributed by atoms with E-state index < -0.39 is 20.2 Å². The molecule has 1 rings (SSSR count). The van der Waals surface area contributed by atoms with Crippen LogP contribution in [0.1, 0.15) is 39.5 Å². The summed E-state index contributed by atoms with van der Waals surface area (Å²) in [5, 5.41) is 7.88. The smallest absolute Gasteiger partial charge is 0.267 e. The lowest BCUT2D eigenvalue weighted by atomic mass is 10.5. The lowest BCUT2D eigenvalue weighted by molar-refractivity contribution is 0.135. The van der Waals surface area contributed by atoms with Crippen molar-refractivity contribution in [3.05, 3.63) is 0 Å². The van der Waals surface area contributed by atoms with Gasteiger partial charge in [-0.25, -0.2) is 0 Å². The number of aliphatic hydroxyl groups is 1. The highest BCUT2D eigenvalue weighted by Crippen LogP contribution is 2.04. The molecule has 1 saturated heterocycles. The molecule has 1 aliphatic heterocycles. The van der Waals surface area contributed by atoms with Gasteiger partial charge in [-0.15, -0.1) is 0 Å². The Morgan fingerprint density at radius 3 is 2.05 bits per heavy atom. The number of hydrogen-bond donors (Lipinski definition) is 2. The van der Waals surface area contributed by atoms with Crippen LogP contribution in [0, 0.1) is 0 Å². The zero-order valence-corrected chi connectivity index (χ0v) is 14.9. The van der Waals surface area contributed by atoms with Gasteiger partial charge in [0.2, 0.25) is 0 Å². The zero-order chi connectivity index (χ0) is 17.5. The molecular weight excluding hydrogens is 336 g/mol. The third kappa shape index (κ3) is 22.0. The van der Waals surface area contributed by atoms with E-state index >= 15 is 0 Å². The first-order valence-electron chi connectivity index (χ1n) is 7.19. The molecular formula is C12H28O8S2. The molecule has 2 N–H and O–H groups in total. The maximum Gasteiger partial charge on any atom is 0.267 e. The van der Waals surface area contributed by atoms with Crippen LogP contribution in [0.25, 0.3) is 0 Å². The van der Waals surface area contributed by atoms with Crippen molar-refractivity contribution >= 4 is 20.2 Å². The van der Waals surface area contributed by atoms with Crippen LogP contribution in [0.5, 0.6) is 0 Å². The van der Waals surface area contributed by atoms with E-state index in [1.807, 2.05) is 13.8 Å². The predicted molar refractivity (Wildman–Crippen MR) is 83.9 cm³/mol. The Morgan fingerprint density at radius 2 is 1.77 bits per heavy atom. The first kappa shape index (κ1) is 24.0. The lowest BCUT2D eigenvalue weighted by Gasteiger charge is -1.99. The van der Waals surface area contributed by atoms with Gasteiger partial charge in [-0.2, -0.15) is 16.8 Å². The van der Waals surface area contributed by atoms with Gasteiger partial charge in [0.15, 0.2) is 0 Å². The second kappa shape index (κ2) is 14.3. The molecule has 136 valence electrons. The summed E-state index contributed by atoms with van der Waals surface area (Å²) in [5.74, 6) is -0.0102. The molecule has 1 fully saturated rings. The predicted octanol–water partition coefficient (Wildman–Crippen LogP) is 0.816. The van der Waals surface area contributed by atoms with Gasteiger partial charge < -0.3 is 9.84 Å². The van der Waals surface area contributed by atoms with Crippen molar-refractivity contribution in [2.45, 2.75) is 39.5 Å². The Kier molecular flexibility index (Phi) is 15.6. The molecule has 8 nitrogen and oxygen atoms in total. The normalized spacial score (nSPS) is 16.2. The molecule has 0 aromatic rings. The van der Waals surface area contributed by atoms with Crippen LogP contribution in [0.15, 0.2) is 0 Å². The van der Waals surface area contributed by atoms with Gasteiger partial charge in [-0.1, -0.05) is 13.8 Å². The van der Waals surface area contributed by atoms with E-state index in [1.54, 1.807) is 0 Å². The number of ether oxygens (including phenoxy) is 1. The van der Waals surface area contributed by atoms with Crippen LogP contribution < -0.4 is 0 Å². The minimum absolute atomic E-state index is 0.201. The van der Waals surface area contributed by atoms with Gasteiger partial charge >= 0.3 is 0 Å². The maximum atomic E-state index is 10.2. The van der Waals surface area contributed by atoms with E-state index in [0.29, 0.717) is 39.3 Å². The van der Waals surface area contributed by atoms with Gasteiger partial charge in [0, 0.05) is 19.8 Å². The van der Waals surface area contributed by atoms with E-state index in [2.05, 4.69) is 4.18 Å². The molecule has 0 bridgehead atoms. The third-order valence-electron chi connectivity index (χ3n) is 2.06. The Hall–Kier alpha value is -0.260. The first-order chi connectivity index (χ1) is 10.2. The van der Waals surface area contributed by atoms with Gasteiger partial charge in [-0.3, -0.25) is 8.74 Å². The fraction of sp³-hybridized carbons (Fsp3) is 1.00. The monoisotopic (exact) mass is 364 g/mol. The summed E-state index contributed by atoms with van der Waals surface area (Å²) in [6.45, 7) is 5.64. The molecule has 0 saturated carbocycles. The Bertz CT molecular complexity index is 416. The molecule has 10 heteroatoms. The molecule has 0 aromatic heterocycles. The SMILES string of the molecule is CCCO.CCCOCCCS(=O)(=O)O.O=S1(=O)CCCO1. The molecule has 0 aliphatic carbocycles. The van der Waals surface area contributed by atoms with Crippen LogP contribution >= 0.6 is 0 Å². The van der Waals surface area contributed by atoms with Crippen molar-refractivity contribution in [1.82, 2.24) is 0 Å². The van der Waals surface area contributed by atoms with Crippen molar-refractivity contribution in [3.8, 4) is 0 Å². The van der Waals surface area contributed by atoms with E-state index in [4.69, 9.17) is 14.4 Å². The Labute approximate surface area is 133 Å². The molecule has 0 amide bonds. The molecule has 0 radical (unpaired) electrons. The quantitative estimate of drug-likeness (QED) is 0.386. The molecule has 1 aliphatic rings. The summed E-state index contributed by atoms with van der Waals surface area (Å²) < 4.78 is 58.4. The standard InChI is InChI=1S/C6H14O4S.C3H6O3S.C3H8O/c1-2-4-10-5-3-6-11(7,8)9;4-7(5)3-1-2-6-7;1-2-3-4/h2-6H2,1H3,(H,7,8,9);1-3H2;4H,2-3H2,1H3. The average molecular weight is 364 g/mol. The van der Waals surface area contributed by atoms with Gasteiger partial charge in [-0.05, 0) is 25.7 Å². The summed E-state index contributed by atoms with van der Waals surface area (Å²) in [4.78, 5) is 0. The highest BCUT2D eigenvalue weighted by Gasteiger charge is 2.16. The molecule has 0 aromatic carbocycles. The second-order valence-electron chi connectivity index (χ2n) is 4.41. The number of hydrogen-bond acceptors (Lipinski definition) is 7. The number of aliphatic hydroxyl groups excluding tert-OH is 1. The van der Waals surface area contributed by atoms with Crippen molar-refractivity contribution in [2.24, 2.45) is 0 Å². The average Bonchev–Trinajstić information content (AvgIpc) is 2.83. The summed E-state index contributed by atoms with van der Waals surface area (Å²) >= 11 is 0. The fourth-order valence-electron chi connectivity index (χ4n) is 1.07. The van der Waals surface area contributed by atoms with Crippen LogP contribution in [-0.4, -0.2) is 64.4 Å². The minimum Gasteiger partial charge on any atom is -0.396 e. The fourth-order valence-corrected chi connectivity index (χ4v) is 2.51. The summed E-state index contributed by atoms with van der Waals surface area (Å²) in [5.41, 5.74) is 0. The maximum absolute atomic E-state index is 10.2. The van der Waals surface area contributed by atoms with E-state index in [9.17, 15) is 16.8 Å². The summed E-state index contributed by atoms with van der Waals surface area (Å²) in [7, 11) is -6.84. The Morgan fingerprint density at radius 1 is 1.18 bits per heavy atom. The molecule has 22 heavy (non-hydrogen) atoms. The molecule has 0 unspecified atom stereocenters. The molecule has 0 spiro atoms. The summed E-state index contributed by atoms with van der Waals surface area (Å²) in [6, 6.07) is 0. The van der Waals surface area contributed by atoms with Crippen molar-refractivity contribution in [1.29, 1.82) is 0 Å². The molecule has 0 atom stereocenters. The largest absolute Gasteiger partial charge is 0.396 e. The van der Waals surface area contributed by atoms with Gasteiger partial charge in [0.25, 0.3) is 20.2 Å². The molecule has 1 heterocycles. The second-order valence-corrected chi connectivity index (χ2v) is 7.74. The Balaban J connectivity index is 0. The van der Waals surface area contributed by atoms with Gasteiger partial charge in [0.05, 0.1) is 18.1 Å². The topological polar surface area (TPSA) is 127 Å². The lowest BCUT2D eigenvalue weighted by Crippen LogP contribution is -2.07. The van der Waals surface area contributed by atoms with Crippen molar-refractivity contribution in [2.75, 3.05) is 37.9 Å². The van der Waals surface area contributed by atoms with Crippen LogP contribution in [0.3, 0.4) is 0 Å². The number of rotatable bonds is 7. The van der Waals surface area contributed by atoms with Crippen LogP contribution in [0.4, 0.5) is 0 Å².